The first kappa shape index (κ1) is 12.7. The maximum atomic E-state index is 11.7. The molecule has 5 nitrogen and oxygen atoms in total. The summed E-state index contributed by atoms with van der Waals surface area (Å²) >= 11 is 0. The van der Waals surface area contributed by atoms with Crippen molar-refractivity contribution in [1.29, 1.82) is 0 Å². The van der Waals surface area contributed by atoms with Crippen LogP contribution in [0.4, 0.5) is 0 Å². The van der Waals surface area contributed by atoms with Crippen LogP contribution in [0, 0.1) is 0 Å². The van der Waals surface area contributed by atoms with E-state index in [1.807, 2.05) is 18.2 Å². The van der Waals surface area contributed by atoms with Crippen LogP contribution in [0.25, 0.3) is 0 Å². The summed E-state index contributed by atoms with van der Waals surface area (Å²) in [4.78, 5) is 13.5. The van der Waals surface area contributed by atoms with Crippen molar-refractivity contribution in [3.05, 3.63) is 23.8 Å². The van der Waals surface area contributed by atoms with E-state index in [0.29, 0.717) is 19.5 Å². The summed E-state index contributed by atoms with van der Waals surface area (Å²) in [5.74, 6) is 1.56. The van der Waals surface area contributed by atoms with Gasteiger partial charge in [-0.05, 0) is 12.1 Å². The first-order valence-corrected chi connectivity index (χ1v) is 5.88. The quantitative estimate of drug-likeness (QED) is 0.857. The average molecular weight is 250 g/mol. The van der Waals surface area contributed by atoms with Gasteiger partial charge in [-0.3, -0.25) is 4.79 Å². The lowest BCUT2D eigenvalue weighted by Crippen LogP contribution is -2.27. The largest absolute Gasteiger partial charge is 0.497 e. The molecule has 0 aromatic heterocycles. The van der Waals surface area contributed by atoms with E-state index < -0.39 is 0 Å². The van der Waals surface area contributed by atoms with Gasteiger partial charge in [-0.2, -0.15) is 0 Å². The van der Waals surface area contributed by atoms with Crippen molar-refractivity contribution in [2.75, 3.05) is 20.8 Å². The fourth-order valence-corrected chi connectivity index (χ4v) is 2.14. The summed E-state index contributed by atoms with van der Waals surface area (Å²) in [6.07, 6.45) is 0.429. The highest BCUT2D eigenvalue weighted by molar-refractivity contribution is 5.79. The molecule has 5 heteroatoms. The molecule has 0 aliphatic carbocycles. The number of hydrogen-bond donors (Lipinski definition) is 1. The van der Waals surface area contributed by atoms with Gasteiger partial charge in [-0.1, -0.05) is 0 Å². The summed E-state index contributed by atoms with van der Waals surface area (Å²) in [7, 11) is 3.22. The van der Waals surface area contributed by atoms with Gasteiger partial charge in [-0.15, -0.1) is 0 Å². The van der Waals surface area contributed by atoms with Gasteiger partial charge >= 0.3 is 0 Å². The Morgan fingerprint density at radius 2 is 2.17 bits per heavy atom. The number of likely N-dealkylation sites (tertiary alicyclic amines) is 1. The average Bonchev–Trinajstić information content (AvgIpc) is 2.68. The van der Waals surface area contributed by atoms with Gasteiger partial charge in [0.15, 0.2) is 0 Å². The van der Waals surface area contributed by atoms with Gasteiger partial charge in [0.1, 0.15) is 11.5 Å². The minimum absolute atomic E-state index is 0.0539. The van der Waals surface area contributed by atoms with Gasteiger partial charge in [0.25, 0.3) is 0 Å². The van der Waals surface area contributed by atoms with Crippen molar-refractivity contribution >= 4 is 5.91 Å². The number of amides is 1. The van der Waals surface area contributed by atoms with E-state index >= 15 is 0 Å². The van der Waals surface area contributed by atoms with Gasteiger partial charge < -0.3 is 20.1 Å². The molecule has 1 aliphatic rings. The Bertz CT molecular complexity index is 448. The Balaban J connectivity index is 2.16. The van der Waals surface area contributed by atoms with E-state index in [0.717, 1.165) is 17.1 Å². The maximum Gasteiger partial charge on any atom is 0.224 e. The molecule has 1 amide bonds. The van der Waals surface area contributed by atoms with E-state index in [4.69, 9.17) is 15.2 Å². The maximum absolute atomic E-state index is 11.7. The molecule has 2 rings (SSSR count). The monoisotopic (exact) mass is 250 g/mol. The van der Waals surface area contributed by atoms with Crippen molar-refractivity contribution in [3.63, 3.8) is 0 Å². The highest BCUT2D eigenvalue weighted by Crippen LogP contribution is 2.26. The highest BCUT2D eigenvalue weighted by Gasteiger charge is 2.27. The lowest BCUT2D eigenvalue weighted by atomic mass is 10.2. The number of ether oxygens (including phenoxy) is 2. The van der Waals surface area contributed by atoms with Crippen LogP contribution in [0.2, 0.25) is 0 Å². The van der Waals surface area contributed by atoms with Crippen LogP contribution in [-0.2, 0) is 11.3 Å². The van der Waals surface area contributed by atoms with Gasteiger partial charge in [0, 0.05) is 37.2 Å². The van der Waals surface area contributed by atoms with Crippen LogP contribution in [0.1, 0.15) is 12.0 Å². The number of nitrogens with zero attached hydrogens (tertiary/aromatic N) is 1. The summed E-state index contributed by atoms with van der Waals surface area (Å²) in [5, 5.41) is 0. The molecular weight excluding hydrogens is 232 g/mol. The van der Waals surface area contributed by atoms with Gasteiger partial charge in [0.2, 0.25) is 5.91 Å². The number of benzene rings is 1. The van der Waals surface area contributed by atoms with Crippen LogP contribution >= 0.6 is 0 Å². The second-order valence-corrected chi connectivity index (χ2v) is 4.42. The third-order valence-corrected chi connectivity index (χ3v) is 3.10. The normalized spacial score (nSPS) is 19.2. The molecule has 1 aliphatic heterocycles. The van der Waals surface area contributed by atoms with Crippen LogP contribution in [0.3, 0.4) is 0 Å². The first-order chi connectivity index (χ1) is 8.63. The molecule has 1 heterocycles. The molecule has 1 fully saturated rings. The van der Waals surface area contributed by atoms with Crippen molar-refractivity contribution < 1.29 is 14.3 Å². The zero-order valence-corrected chi connectivity index (χ0v) is 10.7. The summed E-state index contributed by atoms with van der Waals surface area (Å²) in [6.45, 7) is 1.13. The molecule has 0 saturated carbocycles. The Morgan fingerprint density at radius 3 is 2.72 bits per heavy atom. The number of nitrogens with two attached hydrogens (primary N) is 1. The topological polar surface area (TPSA) is 64.8 Å². The molecule has 0 radical (unpaired) electrons. The standard InChI is InChI=1S/C13H18N2O3/c1-17-11-4-3-9(12(6-11)18-2)7-15-8-10(14)5-13(15)16/h3-4,6,10H,5,7-8,14H2,1-2H3. The fraction of sp³-hybridized carbons (Fsp3) is 0.462. The Morgan fingerprint density at radius 1 is 1.39 bits per heavy atom. The van der Waals surface area contributed by atoms with Crippen molar-refractivity contribution in [2.24, 2.45) is 5.73 Å². The smallest absolute Gasteiger partial charge is 0.224 e. The van der Waals surface area contributed by atoms with Crippen molar-refractivity contribution in [1.82, 2.24) is 4.90 Å². The Hall–Kier alpha value is -1.75. The number of rotatable bonds is 4. The number of carbonyl (C=O) groups excluding carboxylic acids is 1. The van der Waals surface area contributed by atoms with Crippen molar-refractivity contribution in [3.8, 4) is 11.5 Å². The molecule has 0 spiro atoms. The molecule has 1 unspecified atom stereocenters. The summed E-state index contributed by atoms with van der Waals surface area (Å²) < 4.78 is 10.5. The fourth-order valence-electron chi connectivity index (χ4n) is 2.14. The van der Waals surface area contributed by atoms with Crippen LogP contribution < -0.4 is 15.2 Å². The van der Waals surface area contributed by atoms with Crippen LogP contribution in [0.15, 0.2) is 18.2 Å². The molecule has 1 aromatic rings. The minimum atomic E-state index is -0.0539. The first-order valence-electron chi connectivity index (χ1n) is 5.88. The third-order valence-electron chi connectivity index (χ3n) is 3.10. The SMILES string of the molecule is COc1ccc(CN2CC(N)CC2=O)c(OC)c1. The molecule has 18 heavy (non-hydrogen) atoms. The number of hydrogen-bond acceptors (Lipinski definition) is 4. The predicted molar refractivity (Wildman–Crippen MR) is 67.6 cm³/mol. The zero-order chi connectivity index (χ0) is 13.1. The highest BCUT2D eigenvalue weighted by atomic mass is 16.5. The predicted octanol–water partition coefficient (Wildman–Crippen LogP) is 0.763. The second-order valence-electron chi connectivity index (χ2n) is 4.42. The molecular formula is C13H18N2O3. The number of carbonyl (C=O) groups is 1. The summed E-state index contributed by atoms with van der Waals surface area (Å²) in [6, 6.07) is 5.53. The van der Waals surface area contributed by atoms with Gasteiger partial charge in [-0.25, -0.2) is 0 Å². The van der Waals surface area contributed by atoms with E-state index in [9.17, 15) is 4.79 Å². The molecule has 98 valence electrons. The van der Waals surface area contributed by atoms with E-state index in [1.54, 1.807) is 19.1 Å². The molecule has 1 saturated heterocycles. The zero-order valence-electron chi connectivity index (χ0n) is 10.7. The molecule has 2 N–H and O–H groups in total. The lowest BCUT2D eigenvalue weighted by molar-refractivity contribution is -0.128. The molecule has 1 atom stereocenters. The van der Waals surface area contributed by atoms with Crippen LogP contribution in [0.5, 0.6) is 11.5 Å². The molecule has 0 bridgehead atoms. The lowest BCUT2D eigenvalue weighted by Gasteiger charge is -2.18. The van der Waals surface area contributed by atoms with E-state index in [-0.39, 0.29) is 11.9 Å². The molecule has 1 aromatic carbocycles. The number of methoxy groups -OCH3 is 2. The van der Waals surface area contributed by atoms with Crippen LogP contribution in [-0.4, -0.2) is 37.6 Å². The van der Waals surface area contributed by atoms with Crippen molar-refractivity contribution in [2.45, 2.75) is 19.0 Å². The van der Waals surface area contributed by atoms with E-state index in [1.165, 1.54) is 0 Å². The van der Waals surface area contributed by atoms with Gasteiger partial charge in [0.05, 0.1) is 14.2 Å². The Kier molecular flexibility index (Phi) is 3.72. The minimum Gasteiger partial charge on any atom is -0.497 e. The Labute approximate surface area is 106 Å². The van der Waals surface area contributed by atoms with E-state index in [2.05, 4.69) is 0 Å². The summed E-state index contributed by atoms with van der Waals surface area (Å²) in [5.41, 5.74) is 6.73. The third kappa shape index (κ3) is 2.56. The second kappa shape index (κ2) is 5.27.